The van der Waals surface area contributed by atoms with Crippen LogP contribution in [0.3, 0.4) is 0 Å². The van der Waals surface area contributed by atoms with Gasteiger partial charge in [-0.3, -0.25) is 0 Å². The minimum Gasteiger partial charge on any atom is -0.493 e. The van der Waals surface area contributed by atoms with Gasteiger partial charge in [-0.1, -0.05) is 0 Å². The van der Waals surface area contributed by atoms with Gasteiger partial charge in [-0.25, -0.2) is 0 Å². The Morgan fingerprint density at radius 3 is 1.78 bits per heavy atom. The smallest absolute Gasteiger partial charge is 0.203 e. The number of benzene rings is 2. The van der Waals surface area contributed by atoms with Gasteiger partial charge in [-0.15, -0.1) is 0 Å². The summed E-state index contributed by atoms with van der Waals surface area (Å²) in [5.41, 5.74) is 5.35. The molecule has 0 saturated carbocycles. The van der Waals surface area contributed by atoms with Gasteiger partial charge >= 0.3 is 0 Å². The van der Waals surface area contributed by atoms with Gasteiger partial charge < -0.3 is 39.1 Å². The molecule has 4 rings (SSSR count). The topological polar surface area (TPSA) is 79.4 Å². The normalized spacial score (nSPS) is 18.1. The Hall–Kier alpha value is -3.59. The van der Waals surface area contributed by atoms with E-state index >= 15 is 0 Å². The summed E-state index contributed by atoms with van der Waals surface area (Å²) in [5, 5.41) is 7.40. The molecular weight excluding hydrogens is 480 g/mol. The molecule has 1 heterocycles. The number of allylic oxidation sites excluding steroid dienone is 1. The summed E-state index contributed by atoms with van der Waals surface area (Å²) in [4.78, 5) is 0. The second-order valence-electron chi connectivity index (χ2n) is 8.37. The van der Waals surface area contributed by atoms with E-state index < -0.39 is 0 Å². The summed E-state index contributed by atoms with van der Waals surface area (Å²) in [6.45, 7) is 0. The molecule has 0 radical (unpaired) electrons. The van der Waals surface area contributed by atoms with Gasteiger partial charge in [0.1, 0.15) is 0 Å². The van der Waals surface area contributed by atoms with Crippen LogP contribution in [0.15, 0.2) is 41.1 Å². The third kappa shape index (κ3) is 4.75. The van der Waals surface area contributed by atoms with Crippen LogP contribution >= 0.6 is 12.2 Å². The molecule has 36 heavy (non-hydrogen) atoms. The van der Waals surface area contributed by atoms with Crippen molar-refractivity contribution < 1.29 is 28.4 Å². The summed E-state index contributed by atoms with van der Waals surface area (Å²) in [6, 6.07) is 7.69. The number of methoxy groups -OCH3 is 6. The van der Waals surface area contributed by atoms with Gasteiger partial charge in [-0.2, -0.15) is 0 Å². The lowest BCUT2D eigenvalue weighted by Crippen LogP contribution is -2.45. The molecule has 0 spiro atoms. The molecule has 0 aromatic heterocycles. The maximum Gasteiger partial charge on any atom is 0.203 e. The number of hydrogen-bond donors (Lipinski definition) is 2. The number of thiocarbonyl (C=S) groups is 1. The summed E-state index contributed by atoms with van der Waals surface area (Å²) in [7, 11) is 9.66. The van der Waals surface area contributed by atoms with Gasteiger partial charge in [0.05, 0.1) is 48.7 Å². The fourth-order valence-corrected chi connectivity index (χ4v) is 5.05. The van der Waals surface area contributed by atoms with Gasteiger partial charge in [-0.05, 0) is 84.1 Å². The zero-order valence-electron chi connectivity index (χ0n) is 21.4. The zero-order chi connectivity index (χ0) is 25.8. The summed E-state index contributed by atoms with van der Waals surface area (Å²) < 4.78 is 33.3. The Labute approximate surface area is 217 Å². The highest BCUT2D eigenvalue weighted by Crippen LogP contribution is 2.45. The van der Waals surface area contributed by atoms with E-state index in [-0.39, 0.29) is 6.04 Å². The summed E-state index contributed by atoms with van der Waals surface area (Å²) in [6.07, 6.45) is 4.98. The first-order chi connectivity index (χ1) is 17.5. The molecule has 1 aliphatic heterocycles. The summed E-state index contributed by atoms with van der Waals surface area (Å²) in [5.74, 6) is 3.54. The molecule has 8 nitrogen and oxygen atoms in total. The monoisotopic (exact) mass is 512 g/mol. The van der Waals surface area contributed by atoms with Crippen molar-refractivity contribution in [3.63, 3.8) is 0 Å². The average Bonchev–Trinajstić information content (AvgIpc) is 2.91. The predicted octanol–water partition coefficient (Wildman–Crippen LogP) is 4.78. The van der Waals surface area contributed by atoms with Gasteiger partial charge in [0, 0.05) is 5.70 Å². The Bertz CT molecular complexity index is 1170. The van der Waals surface area contributed by atoms with E-state index in [2.05, 4.69) is 16.7 Å². The largest absolute Gasteiger partial charge is 0.493 e. The van der Waals surface area contributed by atoms with Crippen molar-refractivity contribution in [2.24, 2.45) is 0 Å². The van der Waals surface area contributed by atoms with Crippen LogP contribution in [-0.2, 0) is 0 Å². The SMILES string of the molecule is COc1cc(/C=C2\CCCC3=C2NC(=S)N[C@H]3c2cc(OC)c(OC)c(OC)c2)cc(OC)c1OC. The van der Waals surface area contributed by atoms with Crippen LogP contribution in [0.25, 0.3) is 6.08 Å². The number of hydrogen-bond acceptors (Lipinski definition) is 7. The third-order valence-corrected chi connectivity index (χ3v) is 6.67. The maximum absolute atomic E-state index is 5.62. The molecule has 0 fully saturated rings. The zero-order valence-corrected chi connectivity index (χ0v) is 22.3. The van der Waals surface area contributed by atoms with E-state index in [4.69, 9.17) is 40.6 Å². The van der Waals surface area contributed by atoms with Crippen LogP contribution in [0.5, 0.6) is 34.5 Å². The van der Waals surface area contributed by atoms with Crippen molar-refractivity contribution in [1.29, 1.82) is 0 Å². The Morgan fingerprint density at radius 1 is 0.750 bits per heavy atom. The van der Waals surface area contributed by atoms with Gasteiger partial charge in [0.2, 0.25) is 11.5 Å². The molecule has 2 aromatic carbocycles. The summed E-state index contributed by atoms with van der Waals surface area (Å²) >= 11 is 5.62. The number of ether oxygens (including phenoxy) is 6. The third-order valence-electron chi connectivity index (χ3n) is 6.45. The highest BCUT2D eigenvalue weighted by Gasteiger charge is 2.32. The Balaban J connectivity index is 1.81. The lowest BCUT2D eigenvalue weighted by molar-refractivity contribution is 0.323. The van der Waals surface area contributed by atoms with Crippen LogP contribution < -0.4 is 39.1 Å². The fourth-order valence-electron chi connectivity index (χ4n) is 4.83. The molecule has 0 saturated heterocycles. The highest BCUT2D eigenvalue weighted by atomic mass is 32.1. The van der Waals surface area contributed by atoms with E-state index in [0.29, 0.717) is 39.6 Å². The second kappa shape index (κ2) is 11.0. The molecular formula is C27H32N2O6S. The van der Waals surface area contributed by atoms with E-state index in [1.807, 2.05) is 24.3 Å². The Morgan fingerprint density at radius 2 is 1.28 bits per heavy atom. The average molecular weight is 513 g/mol. The standard InChI is InChI=1S/C27H32N2O6S/c1-30-19-11-15(12-20(31-2)25(19)34-5)10-16-8-7-9-18-23(16)28-27(36)29-24(18)17-13-21(32-3)26(35-6)22(14-17)33-4/h10-14,24H,7-9H2,1-6H3,(H2,28,29,36)/b16-10+/t24-/m0/s1. The van der Waals surface area contributed by atoms with E-state index in [0.717, 1.165) is 41.7 Å². The van der Waals surface area contributed by atoms with Crippen LogP contribution in [0.2, 0.25) is 0 Å². The van der Waals surface area contributed by atoms with Crippen molar-refractivity contribution in [1.82, 2.24) is 10.6 Å². The molecule has 2 aliphatic rings. The van der Waals surface area contributed by atoms with Crippen molar-refractivity contribution in [2.75, 3.05) is 42.7 Å². The van der Waals surface area contributed by atoms with E-state index in [1.54, 1.807) is 42.7 Å². The predicted molar refractivity (Wildman–Crippen MR) is 143 cm³/mol. The van der Waals surface area contributed by atoms with Crippen molar-refractivity contribution >= 4 is 23.4 Å². The molecule has 0 unspecified atom stereocenters. The van der Waals surface area contributed by atoms with E-state index in [9.17, 15) is 0 Å². The van der Waals surface area contributed by atoms with Crippen LogP contribution in [0, 0.1) is 0 Å². The highest BCUT2D eigenvalue weighted by molar-refractivity contribution is 7.80. The van der Waals surface area contributed by atoms with Crippen molar-refractivity contribution in [3.05, 3.63) is 52.2 Å². The fraction of sp³-hybridized carbons (Fsp3) is 0.370. The first kappa shape index (κ1) is 25.5. The van der Waals surface area contributed by atoms with E-state index in [1.165, 1.54) is 5.57 Å². The lowest BCUT2D eigenvalue weighted by atomic mass is 9.83. The number of rotatable bonds is 8. The van der Waals surface area contributed by atoms with Crippen molar-refractivity contribution in [2.45, 2.75) is 25.3 Å². The quantitative estimate of drug-likeness (QED) is 0.486. The molecule has 2 N–H and O–H groups in total. The Kier molecular flexibility index (Phi) is 7.79. The van der Waals surface area contributed by atoms with Gasteiger partial charge in [0.15, 0.2) is 28.1 Å². The minimum absolute atomic E-state index is 0.133. The lowest BCUT2D eigenvalue weighted by Gasteiger charge is -2.36. The molecule has 0 amide bonds. The molecule has 1 aliphatic carbocycles. The molecule has 1 atom stereocenters. The number of nitrogens with one attached hydrogen (secondary N) is 2. The van der Waals surface area contributed by atoms with Gasteiger partial charge in [0.25, 0.3) is 0 Å². The molecule has 192 valence electrons. The first-order valence-corrected chi connectivity index (χ1v) is 12.0. The second-order valence-corrected chi connectivity index (χ2v) is 8.78. The maximum atomic E-state index is 5.62. The minimum atomic E-state index is -0.133. The van der Waals surface area contributed by atoms with Crippen LogP contribution in [-0.4, -0.2) is 47.8 Å². The molecule has 2 aromatic rings. The van der Waals surface area contributed by atoms with Crippen molar-refractivity contribution in [3.8, 4) is 34.5 Å². The molecule has 9 heteroatoms. The first-order valence-electron chi connectivity index (χ1n) is 11.6. The molecule has 0 bridgehead atoms. The van der Waals surface area contributed by atoms with Crippen LogP contribution in [0.4, 0.5) is 0 Å². The van der Waals surface area contributed by atoms with Crippen LogP contribution in [0.1, 0.15) is 36.4 Å².